The molecule has 0 aromatic heterocycles. The Morgan fingerprint density at radius 2 is 2.15 bits per heavy atom. The zero-order chi connectivity index (χ0) is 14.5. The summed E-state index contributed by atoms with van der Waals surface area (Å²) in [6.07, 6.45) is 2.30. The molecule has 0 radical (unpaired) electrons. The van der Waals surface area contributed by atoms with Crippen molar-refractivity contribution >= 4 is 0 Å². The maximum Gasteiger partial charge on any atom is 0.119 e. The molecule has 1 aliphatic carbocycles. The van der Waals surface area contributed by atoms with Crippen LogP contribution in [0.2, 0.25) is 0 Å². The van der Waals surface area contributed by atoms with Gasteiger partial charge in [0.15, 0.2) is 0 Å². The molecule has 2 rings (SSSR count). The van der Waals surface area contributed by atoms with Crippen LogP contribution >= 0.6 is 0 Å². The van der Waals surface area contributed by atoms with E-state index >= 15 is 0 Å². The summed E-state index contributed by atoms with van der Waals surface area (Å²) >= 11 is 0. The highest BCUT2D eigenvalue weighted by Gasteiger charge is 2.31. The second-order valence-electron chi connectivity index (χ2n) is 5.41. The summed E-state index contributed by atoms with van der Waals surface area (Å²) in [6.45, 7) is 1.73. The van der Waals surface area contributed by atoms with E-state index in [-0.39, 0.29) is 0 Å². The van der Waals surface area contributed by atoms with Crippen molar-refractivity contribution in [2.45, 2.75) is 24.9 Å². The van der Waals surface area contributed by atoms with E-state index in [1.165, 1.54) is 17.5 Å². The number of methoxy groups -OCH3 is 2. The van der Waals surface area contributed by atoms with E-state index in [0.29, 0.717) is 12.1 Å². The first kappa shape index (κ1) is 15.3. The summed E-state index contributed by atoms with van der Waals surface area (Å²) in [5.74, 6) is 0.934. The largest absolute Gasteiger partial charge is 0.497 e. The Balaban J connectivity index is 2.22. The lowest BCUT2D eigenvalue weighted by molar-refractivity contribution is 0.116. The highest BCUT2D eigenvalue weighted by Crippen LogP contribution is 2.34. The van der Waals surface area contributed by atoms with Crippen molar-refractivity contribution in [1.29, 1.82) is 0 Å². The summed E-state index contributed by atoms with van der Waals surface area (Å²) in [5.41, 5.74) is 2.80. The van der Waals surface area contributed by atoms with Crippen LogP contribution in [0, 0.1) is 0 Å². The van der Waals surface area contributed by atoms with E-state index in [9.17, 15) is 0 Å². The number of ether oxygens (including phenoxy) is 2. The van der Waals surface area contributed by atoms with Gasteiger partial charge in [-0.3, -0.25) is 4.90 Å². The Bertz CT molecular complexity index is 436. The molecular weight excluding hydrogens is 252 g/mol. The smallest absolute Gasteiger partial charge is 0.119 e. The van der Waals surface area contributed by atoms with Crippen molar-refractivity contribution in [3.63, 3.8) is 0 Å². The SMILES string of the molecule is CNC1c2cc(OC)ccc2CCC1N(C)CCOC. The fourth-order valence-corrected chi connectivity index (χ4v) is 3.12. The average molecular weight is 278 g/mol. The number of aryl methyl sites for hydroxylation is 1. The summed E-state index contributed by atoms with van der Waals surface area (Å²) in [7, 11) is 7.70. The first-order valence-electron chi connectivity index (χ1n) is 7.24. The number of benzene rings is 1. The van der Waals surface area contributed by atoms with Gasteiger partial charge in [-0.1, -0.05) is 6.07 Å². The minimum absolute atomic E-state index is 0.343. The van der Waals surface area contributed by atoms with E-state index in [2.05, 4.69) is 35.5 Å². The Morgan fingerprint density at radius 3 is 2.80 bits per heavy atom. The lowest BCUT2D eigenvalue weighted by Gasteiger charge is -2.39. The van der Waals surface area contributed by atoms with Crippen molar-refractivity contribution in [3.8, 4) is 5.75 Å². The molecule has 2 atom stereocenters. The van der Waals surface area contributed by atoms with Gasteiger partial charge in [-0.15, -0.1) is 0 Å². The highest BCUT2D eigenvalue weighted by atomic mass is 16.5. The molecule has 0 amide bonds. The maximum absolute atomic E-state index is 5.37. The zero-order valence-corrected chi connectivity index (χ0v) is 13.0. The Hall–Kier alpha value is -1.10. The van der Waals surface area contributed by atoms with E-state index in [1.807, 2.05) is 7.05 Å². The van der Waals surface area contributed by atoms with Gasteiger partial charge in [0.1, 0.15) is 5.75 Å². The number of rotatable bonds is 6. The molecule has 1 N–H and O–H groups in total. The normalized spacial score (nSPS) is 21.9. The predicted octanol–water partition coefficient (Wildman–Crippen LogP) is 1.85. The molecule has 2 unspecified atom stereocenters. The van der Waals surface area contributed by atoms with Crippen LogP contribution in [-0.2, 0) is 11.2 Å². The third kappa shape index (κ3) is 3.14. The standard InChI is InChI=1S/C16H26N2O2/c1-17-16-14-11-13(20-4)7-5-12(14)6-8-15(16)18(2)9-10-19-3/h5,7,11,15-17H,6,8-10H2,1-4H3. The first-order chi connectivity index (χ1) is 9.71. The molecule has 20 heavy (non-hydrogen) atoms. The third-order valence-electron chi connectivity index (χ3n) is 4.31. The summed E-state index contributed by atoms with van der Waals surface area (Å²) in [5, 5.41) is 3.48. The molecule has 0 heterocycles. The second-order valence-corrected chi connectivity index (χ2v) is 5.41. The summed E-state index contributed by atoms with van der Waals surface area (Å²) < 4.78 is 10.6. The Labute approximate surface area is 122 Å². The van der Waals surface area contributed by atoms with Gasteiger partial charge >= 0.3 is 0 Å². The minimum Gasteiger partial charge on any atom is -0.497 e. The fraction of sp³-hybridized carbons (Fsp3) is 0.625. The van der Waals surface area contributed by atoms with Crippen LogP contribution in [0.15, 0.2) is 18.2 Å². The monoisotopic (exact) mass is 278 g/mol. The van der Waals surface area contributed by atoms with E-state index in [1.54, 1.807) is 14.2 Å². The topological polar surface area (TPSA) is 33.7 Å². The van der Waals surface area contributed by atoms with Crippen LogP contribution in [-0.4, -0.2) is 52.4 Å². The van der Waals surface area contributed by atoms with Gasteiger partial charge in [-0.25, -0.2) is 0 Å². The van der Waals surface area contributed by atoms with Crippen molar-refractivity contribution in [3.05, 3.63) is 29.3 Å². The van der Waals surface area contributed by atoms with E-state index in [4.69, 9.17) is 9.47 Å². The van der Waals surface area contributed by atoms with Crippen LogP contribution in [0.5, 0.6) is 5.75 Å². The molecule has 0 fully saturated rings. The molecule has 4 heteroatoms. The van der Waals surface area contributed by atoms with Crippen LogP contribution in [0.1, 0.15) is 23.6 Å². The molecule has 112 valence electrons. The molecule has 0 bridgehead atoms. The number of fused-ring (bicyclic) bond motifs is 1. The Kier molecular flexibility index (Phi) is 5.40. The van der Waals surface area contributed by atoms with Gasteiger partial charge in [-0.2, -0.15) is 0 Å². The van der Waals surface area contributed by atoms with Crippen LogP contribution in [0.3, 0.4) is 0 Å². The van der Waals surface area contributed by atoms with Crippen molar-refractivity contribution < 1.29 is 9.47 Å². The molecular formula is C16H26N2O2. The number of hydrogen-bond donors (Lipinski definition) is 1. The quantitative estimate of drug-likeness (QED) is 0.861. The highest BCUT2D eigenvalue weighted by molar-refractivity contribution is 5.40. The molecule has 1 aromatic rings. The molecule has 4 nitrogen and oxygen atoms in total. The Morgan fingerprint density at radius 1 is 1.35 bits per heavy atom. The van der Waals surface area contributed by atoms with Gasteiger partial charge in [0.05, 0.1) is 13.7 Å². The molecule has 0 saturated heterocycles. The van der Waals surface area contributed by atoms with Crippen molar-refractivity contribution in [2.75, 3.05) is 41.5 Å². The van der Waals surface area contributed by atoms with E-state index in [0.717, 1.165) is 25.3 Å². The van der Waals surface area contributed by atoms with Crippen LogP contribution < -0.4 is 10.1 Å². The lowest BCUT2D eigenvalue weighted by atomic mass is 9.83. The zero-order valence-electron chi connectivity index (χ0n) is 13.0. The molecule has 0 spiro atoms. The first-order valence-corrected chi connectivity index (χ1v) is 7.24. The number of likely N-dealkylation sites (N-methyl/N-ethyl adjacent to an activating group) is 2. The van der Waals surface area contributed by atoms with Crippen molar-refractivity contribution in [1.82, 2.24) is 10.2 Å². The second kappa shape index (κ2) is 7.07. The third-order valence-corrected chi connectivity index (χ3v) is 4.31. The minimum atomic E-state index is 0.343. The molecule has 1 aliphatic rings. The number of nitrogens with zero attached hydrogens (tertiary/aromatic N) is 1. The maximum atomic E-state index is 5.37. The summed E-state index contributed by atoms with van der Waals surface area (Å²) in [6, 6.07) is 7.27. The van der Waals surface area contributed by atoms with Gasteiger partial charge in [-0.05, 0) is 50.2 Å². The van der Waals surface area contributed by atoms with Crippen molar-refractivity contribution in [2.24, 2.45) is 0 Å². The molecule has 0 aliphatic heterocycles. The van der Waals surface area contributed by atoms with E-state index < -0.39 is 0 Å². The molecule has 1 aromatic carbocycles. The van der Waals surface area contributed by atoms with Gasteiger partial charge in [0.25, 0.3) is 0 Å². The number of hydrogen-bond acceptors (Lipinski definition) is 4. The van der Waals surface area contributed by atoms with Gasteiger partial charge in [0, 0.05) is 25.7 Å². The molecule has 0 saturated carbocycles. The van der Waals surface area contributed by atoms with Crippen LogP contribution in [0.25, 0.3) is 0 Å². The fourth-order valence-electron chi connectivity index (χ4n) is 3.12. The predicted molar refractivity (Wildman–Crippen MR) is 81.4 cm³/mol. The average Bonchev–Trinajstić information content (AvgIpc) is 2.50. The lowest BCUT2D eigenvalue weighted by Crippen LogP contribution is -2.45. The number of nitrogens with one attached hydrogen (secondary N) is 1. The van der Waals surface area contributed by atoms with Gasteiger partial charge in [0.2, 0.25) is 0 Å². The summed E-state index contributed by atoms with van der Waals surface area (Å²) in [4.78, 5) is 2.40. The van der Waals surface area contributed by atoms with Gasteiger partial charge < -0.3 is 14.8 Å². The van der Waals surface area contributed by atoms with Crippen LogP contribution in [0.4, 0.5) is 0 Å².